The van der Waals surface area contributed by atoms with Crippen molar-refractivity contribution in [3.63, 3.8) is 0 Å². The third-order valence-corrected chi connectivity index (χ3v) is 0.756. The van der Waals surface area contributed by atoms with Gasteiger partial charge in [-0.25, -0.2) is 4.79 Å². The Balaban J connectivity index is 3.96. The zero-order valence-electron chi connectivity index (χ0n) is 6.17. The molecule has 0 fully saturated rings. The van der Waals surface area contributed by atoms with Crippen LogP contribution >= 0.6 is 0 Å². The first-order valence-corrected chi connectivity index (χ1v) is 2.63. The summed E-state index contributed by atoms with van der Waals surface area (Å²) in [6.45, 7) is 0. The van der Waals surface area contributed by atoms with Crippen molar-refractivity contribution in [3.05, 3.63) is 0 Å². The molecule has 0 atom stereocenters. The Bertz CT molecular complexity index is 138. The zero-order chi connectivity index (χ0) is 7.98. The van der Waals surface area contributed by atoms with Crippen LogP contribution in [0.3, 0.4) is 0 Å². The Kier molecular flexibility index (Phi) is 4.02. The molecule has 5 heteroatoms. The first-order valence-electron chi connectivity index (χ1n) is 2.63. The Morgan fingerprint density at radius 1 is 1.40 bits per heavy atom. The highest BCUT2D eigenvalue weighted by atomic mass is 16.7. The summed E-state index contributed by atoms with van der Waals surface area (Å²) in [5.74, 6) is 0. The molecule has 10 heavy (non-hydrogen) atoms. The van der Waals surface area contributed by atoms with Crippen LogP contribution in [0, 0.1) is 0 Å². The number of hydrogen-bond donors (Lipinski definition) is 1. The maximum absolute atomic E-state index is 10.5. The third kappa shape index (κ3) is 2.91. The average molecular weight is 146 g/mol. The number of nitrogens with one attached hydrogen (secondary N) is 1. The van der Waals surface area contributed by atoms with Crippen molar-refractivity contribution in [2.75, 3.05) is 21.3 Å². The van der Waals surface area contributed by atoms with Crippen LogP contribution in [0.1, 0.15) is 0 Å². The monoisotopic (exact) mass is 146 g/mol. The number of carbonyl (C=O) groups is 1. The Morgan fingerprint density at radius 2 is 1.90 bits per heavy atom. The summed E-state index contributed by atoms with van der Waals surface area (Å²) in [4.78, 5) is 13.8. The highest BCUT2D eigenvalue weighted by molar-refractivity contribution is 5.86. The molecule has 0 saturated heterocycles. The molecule has 2 amide bonds. The van der Waals surface area contributed by atoms with Crippen molar-refractivity contribution >= 4 is 12.1 Å². The van der Waals surface area contributed by atoms with Crippen LogP contribution in [0.15, 0.2) is 4.99 Å². The number of amides is 2. The lowest BCUT2D eigenvalue weighted by Gasteiger charge is -1.99. The maximum atomic E-state index is 10.5. The molecule has 0 aromatic rings. The van der Waals surface area contributed by atoms with E-state index in [1.807, 2.05) is 0 Å². The highest BCUT2D eigenvalue weighted by Crippen LogP contribution is 1.81. The summed E-state index contributed by atoms with van der Waals surface area (Å²) >= 11 is 0. The van der Waals surface area contributed by atoms with Crippen LogP contribution in [0.5, 0.6) is 0 Å². The van der Waals surface area contributed by atoms with Gasteiger partial charge in [-0.3, -0.25) is 0 Å². The van der Waals surface area contributed by atoms with Gasteiger partial charge in [-0.15, -0.1) is 4.99 Å². The molecule has 0 aliphatic rings. The van der Waals surface area contributed by atoms with Gasteiger partial charge in [0.2, 0.25) is 0 Å². The normalized spacial score (nSPS) is 7.90. The second kappa shape index (κ2) is 4.60. The number of rotatable bonds is 0. The molecule has 0 heterocycles. The Morgan fingerprint density at radius 3 is 2.20 bits per heavy atom. The van der Waals surface area contributed by atoms with E-state index in [4.69, 9.17) is 0 Å². The van der Waals surface area contributed by atoms with Gasteiger partial charge in [-0.2, -0.15) is 0 Å². The number of nitrogens with zero attached hydrogens (tertiary/aromatic N) is 1. The van der Waals surface area contributed by atoms with E-state index in [0.29, 0.717) is 0 Å². The SMILES string of the molecule is CNC(=O)N=C(OC)OC. The van der Waals surface area contributed by atoms with E-state index >= 15 is 0 Å². The van der Waals surface area contributed by atoms with Gasteiger partial charge in [0.05, 0.1) is 14.2 Å². The van der Waals surface area contributed by atoms with Crippen molar-refractivity contribution < 1.29 is 14.3 Å². The summed E-state index contributed by atoms with van der Waals surface area (Å²) in [6.07, 6.45) is -0.0562. The first-order chi connectivity index (χ1) is 4.74. The van der Waals surface area contributed by atoms with E-state index in [-0.39, 0.29) is 6.08 Å². The van der Waals surface area contributed by atoms with Crippen LogP contribution in [-0.4, -0.2) is 33.4 Å². The molecule has 0 radical (unpaired) electrons. The fourth-order valence-electron chi connectivity index (χ4n) is 0.313. The largest absolute Gasteiger partial charge is 0.454 e. The molecule has 0 bridgehead atoms. The Labute approximate surface area is 59.0 Å². The zero-order valence-corrected chi connectivity index (χ0v) is 6.17. The maximum Gasteiger partial charge on any atom is 0.392 e. The molecule has 0 aliphatic carbocycles. The predicted molar refractivity (Wildman–Crippen MR) is 35.9 cm³/mol. The molecule has 0 unspecified atom stereocenters. The van der Waals surface area contributed by atoms with Gasteiger partial charge in [-0.1, -0.05) is 0 Å². The molecule has 0 aromatic carbocycles. The molecule has 0 saturated carbocycles. The Hall–Kier alpha value is -1.26. The van der Waals surface area contributed by atoms with Gasteiger partial charge in [0, 0.05) is 7.05 Å². The standard InChI is InChI=1S/C5H10N2O3/c1-6-4(8)7-5(9-2)10-3/h1-3H3,(H,6,8). The summed E-state index contributed by atoms with van der Waals surface area (Å²) in [5, 5.41) is 2.28. The lowest BCUT2D eigenvalue weighted by atomic mass is 11.0. The van der Waals surface area contributed by atoms with Gasteiger partial charge in [0.1, 0.15) is 0 Å². The van der Waals surface area contributed by atoms with E-state index in [1.165, 1.54) is 21.3 Å². The molecular formula is C5H10N2O3. The first kappa shape index (κ1) is 8.74. The fourth-order valence-corrected chi connectivity index (χ4v) is 0.313. The second-order valence-electron chi connectivity index (χ2n) is 1.34. The van der Waals surface area contributed by atoms with Crippen LogP contribution < -0.4 is 5.32 Å². The van der Waals surface area contributed by atoms with Gasteiger partial charge in [-0.05, 0) is 0 Å². The molecule has 58 valence electrons. The van der Waals surface area contributed by atoms with E-state index in [0.717, 1.165) is 0 Å². The number of ether oxygens (including phenoxy) is 2. The van der Waals surface area contributed by atoms with Gasteiger partial charge < -0.3 is 14.8 Å². The van der Waals surface area contributed by atoms with E-state index in [2.05, 4.69) is 19.8 Å². The van der Waals surface area contributed by atoms with E-state index < -0.39 is 6.03 Å². The fraction of sp³-hybridized carbons (Fsp3) is 0.600. The molecular weight excluding hydrogens is 136 g/mol. The topological polar surface area (TPSA) is 59.9 Å². The smallest absolute Gasteiger partial charge is 0.392 e. The lowest BCUT2D eigenvalue weighted by Crippen LogP contribution is -2.17. The predicted octanol–water partition coefficient (Wildman–Crippen LogP) is -0.0254. The summed E-state index contributed by atoms with van der Waals surface area (Å²) in [6, 6.07) is -0.501. The van der Waals surface area contributed by atoms with E-state index in [9.17, 15) is 4.79 Å². The van der Waals surface area contributed by atoms with Crippen LogP contribution in [0.2, 0.25) is 0 Å². The van der Waals surface area contributed by atoms with Crippen LogP contribution in [0.4, 0.5) is 4.79 Å². The van der Waals surface area contributed by atoms with E-state index in [1.54, 1.807) is 0 Å². The second-order valence-corrected chi connectivity index (χ2v) is 1.34. The summed E-state index contributed by atoms with van der Waals surface area (Å²) in [7, 11) is 4.20. The minimum absolute atomic E-state index is 0.0562. The summed E-state index contributed by atoms with van der Waals surface area (Å²) in [5.41, 5.74) is 0. The van der Waals surface area contributed by atoms with Gasteiger partial charge >= 0.3 is 12.1 Å². The number of aliphatic imine (C=N–C) groups is 1. The van der Waals surface area contributed by atoms with Crippen molar-refractivity contribution in [2.45, 2.75) is 0 Å². The molecule has 1 N–H and O–H groups in total. The van der Waals surface area contributed by atoms with Crippen LogP contribution in [-0.2, 0) is 9.47 Å². The molecule has 0 aromatic heterocycles. The van der Waals surface area contributed by atoms with Gasteiger partial charge in [0.15, 0.2) is 0 Å². The number of methoxy groups -OCH3 is 2. The van der Waals surface area contributed by atoms with Crippen molar-refractivity contribution in [3.8, 4) is 0 Å². The average Bonchev–Trinajstić information content (AvgIpc) is 1.99. The lowest BCUT2D eigenvalue weighted by molar-refractivity contribution is 0.231. The molecule has 5 nitrogen and oxygen atoms in total. The van der Waals surface area contributed by atoms with Crippen molar-refractivity contribution in [1.29, 1.82) is 0 Å². The minimum Gasteiger partial charge on any atom is -0.454 e. The summed E-state index contributed by atoms with van der Waals surface area (Å²) < 4.78 is 9.08. The van der Waals surface area contributed by atoms with Gasteiger partial charge in [0.25, 0.3) is 0 Å². The molecule has 0 spiro atoms. The number of carbonyl (C=O) groups excluding carboxylic acids is 1. The number of hydrogen-bond acceptors (Lipinski definition) is 3. The quantitative estimate of drug-likeness (QED) is 0.385. The highest BCUT2D eigenvalue weighted by Gasteiger charge is 1.98. The molecule has 0 rings (SSSR count). The van der Waals surface area contributed by atoms with Crippen molar-refractivity contribution in [2.24, 2.45) is 4.99 Å². The molecule has 0 aliphatic heterocycles. The number of urea groups is 1. The minimum atomic E-state index is -0.501. The third-order valence-electron chi connectivity index (χ3n) is 0.756. The van der Waals surface area contributed by atoms with Crippen molar-refractivity contribution in [1.82, 2.24) is 5.32 Å². The van der Waals surface area contributed by atoms with Crippen LogP contribution in [0.25, 0.3) is 0 Å².